The summed E-state index contributed by atoms with van der Waals surface area (Å²) in [5.41, 5.74) is 1.88. The van der Waals surface area contributed by atoms with Crippen LogP contribution >= 0.6 is 0 Å². The van der Waals surface area contributed by atoms with Gasteiger partial charge in [-0.05, 0) is 37.1 Å². The average molecular weight is 339 g/mol. The molecule has 25 heavy (non-hydrogen) atoms. The third-order valence-electron chi connectivity index (χ3n) is 4.31. The van der Waals surface area contributed by atoms with Gasteiger partial charge < -0.3 is 14.7 Å². The summed E-state index contributed by atoms with van der Waals surface area (Å²) >= 11 is 0. The molecule has 1 amide bonds. The van der Waals surface area contributed by atoms with Crippen LogP contribution < -0.4 is 0 Å². The zero-order chi connectivity index (χ0) is 18.0. The molecule has 3 rings (SSSR count). The summed E-state index contributed by atoms with van der Waals surface area (Å²) in [7, 11) is 0. The lowest BCUT2D eigenvalue weighted by atomic mass is 9.94. The number of hydrogen-bond donors (Lipinski definition) is 1. The van der Waals surface area contributed by atoms with Crippen LogP contribution in [-0.2, 0) is 4.74 Å². The van der Waals surface area contributed by atoms with Gasteiger partial charge in [0, 0.05) is 18.7 Å². The first-order chi connectivity index (χ1) is 12.0. The number of nitrogens with zero attached hydrogens (tertiary/aromatic N) is 1. The maximum Gasteiger partial charge on any atom is 0.336 e. The van der Waals surface area contributed by atoms with Gasteiger partial charge in [-0.25, -0.2) is 4.79 Å². The number of ether oxygens (including phenoxy) is 1. The van der Waals surface area contributed by atoms with E-state index in [0.717, 1.165) is 0 Å². The number of hydrogen-bond acceptors (Lipinski definition) is 3. The fourth-order valence-corrected chi connectivity index (χ4v) is 3.32. The molecule has 1 fully saturated rings. The molecule has 0 spiro atoms. The average Bonchev–Trinajstić information content (AvgIpc) is 2.60. The van der Waals surface area contributed by atoms with Gasteiger partial charge in [0.15, 0.2) is 0 Å². The lowest BCUT2D eigenvalue weighted by Gasteiger charge is -2.35. The first kappa shape index (κ1) is 17.2. The third-order valence-corrected chi connectivity index (χ3v) is 4.31. The van der Waals surface area contributed by atoms with Gasteiger partial charge in [-0.2, -0.15) is 0 Å². The smallest absolute Gasteiger partial charge is 0.336 e. The Bertz CT molecular complexity index is 792. The summed E-state index contributed by atoms with van der Waals surface area (Å²) in [6, 6.07) is 13.9. The molecule has 130 valence electrons. The first-order valence-electron chi connectivity index (χ1n) is 8.34. The van der Waals surface area contributed by atoms with Crippen molar-refractivity contribution in [2.45, 2.75) is 26.1 Å². The summed E-state index contributed by atoms with van der Waals surface area (Å²) in [6.07, 6.45) is -0.0441. The largest absolute Gasteiger partial charge is 0.478 e. The number of carboxylic acids is 1. The summed E-state index contributed by atoms with van der Waals surface area (Å²) in [5, 5.41) is 9.46. The highest BCUT2D eigenvalue weighted by atomic mass is 16.5. The van der Waals surface area contributed by atoms with Gasteiger partial charge in [0.1, 0.15) is 0 Å². The normalized spacial score (nSPS) is 20.3. The van der Waals surface area contributed by atoms with E-state index < -0.39 is 5.97 Å². The van der Waals surface area contributed by atoms with Gasteiger partial charge in [-0.3, -0.25) is 4.79 Å². The van der Waals surface area contributed by atoms with Crippen LogP contribution in [0.15, 0.2) is 48.5 Å². The number of carbonyl (C=O) groups is 2. The summed E-state index contributed by atoms with van der Waals surface area (Å²) in [6.45, 7) is 4.94. The molecule has 5 nitrogen and oxygen atoms in total. The van der Waals surface area contributed by atoms with Crippen molar-refractivity contribution >= 4 is 11.9 Å². The summed E-state index contributed by atoms with van der Waals surface area (Å²) in [4.78, 5) is 26.4. The summed E-state index contributed by atoms with van der Waals surface area (Å²) in [5.74, 6) is -1.11. The molecule has 0 radical (unpaired) electrons. The van der Waals surface area contributed by atoms with Gasteiger partial charge in [-0.15, -0.1) is 0 Å². The molecule has 2 unspecified atom stereocenters. The molecule has 1 N–H and O–H groups in total. The number of rotatable bonds is 3. The van der Waals surface area contributed by atoms with E-state index in [-0.39, 0.29) is 23.7 Å². The standard InChI is InChI=1S/C20H21NO4/c1-13-11-21(12-14(2)25-13)19(22)17-9-5-3-7-15(17)16-8-4-6-10-18(16)20(23)24/h3-10,13-14H,11-12H2,1-2H3,(H,23,24). The van der Waals surface area contributed by atoms with Crippen LogP contribution in [0.5, 0.6) is 0 Å². The second-order valence-corrected chi connectivity index (χ2v) is 6.36. The Kier molecular flexibility index (Phi) is 4.86. The quantitative estimate of drug-likeness (QED) is 0.932. The molecule has 0 aromatic heterocycles. The van der Waals surface area contributed by atoms with Crippen LogP contribution in [0.4, 0.5) is 0 Å². The monoisotopic (exact) mass is 339 g/mol. The molecule has 5 heteroatoms. The number of amides is 1. The predicted octanol–water partition coefficient (Wildman–Crippen LogP) is 3.30. The topological polar surface area (TPSA) is 66.8 Å². The van der Waals surface area contributed by atoms with Gasteiger partial charge in [0.25, 0.3) is 5.91 Å². The fourth-order valence-electron chi connectivity index (χ4n) is 3.32. The van der Waals surface area contributed by atoms with E-state index >= 15 is 0 Å². The van der Waals surface area contributed by atoms with Crippen molar-refractivity contribution in [2.24, 2.45) is 0 Å². The van der Waals surface area contributed by atoms with Gasteiger partial charge in [0.05, 0.1) is 17.8 Å². The molecule has 0 saturated carbocycles. The SMILES string of the molecule is CC1CN(C(=O)c2ccccc2-c2ccccc2C(=O)O)CC(C)O1. The van der Waals surface area contributed by atoms with E-state index in [2.05, 4.69) is 0 Å². The second-order valence-electron chi connectivity index (χ2n) is 6.36. The highest BCUT2D eigenvalue weighted by Gasteiger charge is 2.28. The van der Waals surface area contributed by atoms with Crippen molar-refractivity contribution in [3.8, 4) is 11.1 Å². The molecule has 1 heterocycles. The molecular formula is C20H21NO4. The van der Waals surface area contributed by atoms with E-state index in [4.69, 9.17) is 4.74 Å². The van der Waals surface area contributed by atoms with Gasteiger partial charge in [0.2, 0.25) is 0 Å². The van der Waals surface area contributed by atoms with Crippen LogP contribution in [-0.4, -0.2) is 47.2 Å². The Hall–Kier alpha value is -2.66. The van der Waals surface area contributed by atoms with Crippen LogP contribution in [0.1, 0.15) is 34.6 Å². The Morgan fingerprint density at radius 2 is 1.40 bits per heavy atom. The zero-order valence-electron chi connectivity index (χ0n) is 14.3. The Morgan fingerprint density at radius 1 is 0.920 bits per heavy atom. The molecule has 1 aliphatic rings. The third kappa shape index (κ3) is 3.56. The fraction of sp³-hybridized carbons (Fsp3) is 0.300. The van der Waals surface area contributed by atoms with E-state index in [9.17, 15) is 14.7 Å². The second kappa shape index (κ2) is 7.07. The van der Waals surface area contributed by atoms with E-state index in [1.165, 1.54) is 0 Å². The van der Waals surface area contributed by atoms with Crippen LogP contribution in [0, 0.1) is 0 Å². The number of carboxylic acid groups (broad SMARTS) is 1. The lowest BCUT2D eigenvalue weighted by molar-refractivity contribution is -0.0586. The number of benzene rings is 2. The maximum atomic E-state index is 13.1. The molecule has 2 atom stereocenters. The summed E-state index contributed by atoms with van der Waals surface area (Å²) < 4.78 is 5.70. The minimum Gasteiger partial charge on any atom is -0.478 e. The van der Waals surface area contributed by atoms with Crippen molar-refractivity contribution < 1.29 is 19.4 Å². The number of aromatic carboxylic acids is 1. The molecule has 0 bridgehead atoms. The molecule has 1 saturated heterocycles. The minimum absolute atomic E-state index is 0.0221. The lowest BCUT2D eigenvalue weighted by Crippen LogP contribution is -2.48. The highest BCUT2D eigenvalue weighted by molar-refractivity contribution is 6.04. The first-order valence-corrected chi connectivity index (χ1v) is 8.34. The van der Waals surface area contributed by atoms with Crippen molar-refractivity contribution in [2.75, 3.05) is 13.1 Å². The molecule has 1 aliphatic heterocycles. The zero-order valence-corrected chi connectivity index (χ0v) is 14.3. The molecule has 2 aromatic rings. The highest BCUT2D eigenvalue weighted by Crippen LogP contribution is 2.29. The van der Waals surface area contributed by atoms with Crippen molar-refractivity contribution in [1.29, 1.82) is 0 Å². The molecular weight excluding hydrogens is 318 g/mol. The number of carbonyl (C=O) groups excluding carboxylic acids is 1. The van der Waals surface area contributed by atoms with E-state index in [1.807, 2.05) is 19.9 Å². The predicted molar refractivity (Wildman–Crippen MR) is 94.7 cm³/mol. The van der Waals surface area contributed by atoms with E-state index in [0.29, 0.717) is 29.8 Å². The van der Waals surface area contributed by atoms with Crippen molar-refractivity contribution in [3.63, 3.8) is 0 Å². The van der Waals surface area contributed by atoms with Crippen LogP contribution in [0.3, 0.4) is 0 Å². The maximum absolute atomic E-state index is 13.1. The Balaban J connectivity index is 2.02. The Labute approximate surface area is 146 Å². The van der Waals surface area contributed by atoms with Crippen molar-refractivity contribution in [3.05, 3.63) is 59.7 Å². The van der Waals surface area contributed by atoms with Crippen molar-refractivity contribution in [1.82, 2.24) is 4.90 Å². The van der Waals surface area contributed by atoms with Crippen LogP contribution in [0.2, 0.25) is 0 Å². The van der Waals surface area contributed by atoms with E-state index in [1.54, 1.807) is 47.4 Å². The van der Waals surface area contributed by atoms with Gasteiger partial charge >= 0.3 is 5.97 Å². The number of morpholine rings is 1. The van der Waals surface area contributed by atoms with Gasteiger partial charge in [-0.1, -0.05) is 36.4 Å². The minimum atomic E-state index is -1.01. The molecule has 0 aliphatic carbocycles. The molecule has 2 aromatic carbocycles. The Morgan fingerprint density at radius 3 is 1.96 bits per heavy atom. The van der Waals surface area contributed by atoms with Crippen LogP contribution in [0.25, 0.3) is 11.1 Å².